The number of hydrogen-bond acceptors (Lipinski definition) is 8. The van der Waals surface area contributed by atoms with Crippen molar-refractivity contribution in [1.82, 2.24) is 20.1 Å². The molecule has 108 valence electrons. The highest BCUT2D eigenvalue weighted by atomic mass is 32.1. The van der Waals surface area contributed by atoms with Gasteiger partial charge in [0.05, 0.1) is 11.9 Å². The monoisotopic (exact) mass is 305 g/mol. The fraction of sp³-hybridized carbons (Fsp3) is 0.250. The van der Waals surface area contributed by atoms with Crippen molar-refractivity contribution in [1.29, 1.82) is 0 Å². The summed E-state index contributed by atoms with van der Waals surface area (Å²) in [5.74, 6) is 0.580. The summed E-state index contributed by atoms with van der Waals surface area (Å²) in [6.45, 7) is 3.79. The number of aromatic carboxylic acids is 1. The van der Waals surface area contributed by atoms with Crippen LogP contribution in [-0.2, 0) is 6.54 Å². The Morgan fingerprint density at radius 3 is 2.90 bits per heavy atom. The van der Waals surface area contributed by atoms with Crippen molar-refractivity contribution in [3.05, 3.63) is 28.5 Å². The first-order valence-corrected chi connectivity index (χ1v) is 6.88. The summed E-state index contributed by atoms with van der Waals surface area (Å²) in [7, 11) is 0. The Labute approximate surface area is 122 Å². The summed E-state index contributed by atoms with van der Waals surface area (Å²) in [6.07, 6.45) is 1.39. The SMILES string of the molecule is Cc1noc(CNc2ncnc3sc(C(=O)O)c(C)c23)n1. The van der Waals surface area contributed by atoms with Gasteiger partial charge in [-0.25, -0.2) is 14.8 Å². The van der Waals surface area contributed by atoms with Crippen LogP contribution >= 0.6 is 11.3 Å². The van der Waals surface area contributed by atoms with E-state index < -0.39 is 5.97 Å². The van der Waals surface area contributed by atoms with Crippen LogP contribution in [0.5, 0.6) is 0 Å². The first-order chi connectivity index (χ1) is 10.1. The summed E-state index contributed by atoms with van der Waals surface area (Å²) >= 11 is 1.13. The summed E-state index contributed by atoms with van der Waals surface area (Å²) in [5.41, 5.74) is 0.646. The van der Waals surface area contributed by atoms with E-state index in [-0.39, 0.29) is 4.88 Å². The van der Waals surface area contributed by atoms with Gasteiger partial charge >= 0.3 is 5.97 Å². The van der Waals surface area contributed by atoms with Crippen molar-refractivity contribution in [2.75, 3.05) is 5.32 Å². The minimum atomic E-state index is -0.964. The van der Waals surface area contributed by atoms with Crippen molar-refractivity contribution in [3.63, 3.8) is 0 Å². The Kier molecular flexibility index (Phi) is 3.26. The third-order valence-corrected chi connectivity index (χ3v) is 4.09. The molecule has 0 bridgehead atoms. The lowest BCUT2D eigenvalue weighted by Gasteiger charge is -2.04. The number of aryl methyl sites for hydroxylation is 2. The number of anilines is 1. The highest BCUT2D eigenvalue weighted by Gasteiger charge is 2.18. The maximum atomic E-state index is 11.2. The molecule has 0 aliphatic rings. The molecule has 0 amide bonds. The maximum Gasteiger partial charge on any atom is 0.346 e. The molecular weight excluding hydrogens is 294 g/mol. The Balaban J connectivity index is 1.96. The van der Waals surface area contributed by atoms with Crippen LogP contribution in [-0.4, -0.2) is 31.2 Å². The molecule has 0 aliphatic heterocycles. The lowest BCUT2D eigenvalue weighted by atomic mass is 10.2. The highest BCUT2D eigenvalue weighted by molar-refractivity contribution is 7.20. The Morgan fingerprint density at radius 1 is 1.43 bits per heavy atom. The van der Waals surface area contributed by atoms with Crippen molar-refractivity contribution >= 4 is 33.3 Å². The van der Waals surface area contributed by atoms with E-state index in [2.05, 4.69) is 25.4 Å². The van der Waals surface area contributed by atoms with Gasteiger partial charge in [0.1, 0.15) is 21.9 Å². The van der Waals surface area contributed by atoms with E-state index >= 15 is 0 Å². The minimum absolute atomic E-state index is 0.266. The number of carboxylic acids is 1. The van der Waals surface area contributed by atoms with Crippen LogP contribution < -0.4 is 5.32 Å². The normalized spacial score (nSPS) is 11.0. The van der Waals surface area contributed by atoms with Crippen LogP contribution in [0.15, 0.2) is 10.9 Å². The molecule has 3 rings (SSSR count). The standard InChI is InChI=1S/C12H11N5O3S/c1-5-8-10(13-3-7-16-6(2)17-20-7)14-4-15-11(8)21-9(5)12(18)19/h4H,3H2,1-2H3,(H,18,19)(H,13,14,15). The molecule has 0 saturated carbocycles. The molecule has 0 spiro atoms. The van der Waals surface area contributed by atoms with E-state index in [0.29, 0.717) is 39.9 Å². The van der Waals surface area contributed by atoms with Crippen LogP contribution in [0.1, 0.15) is 27.0 Å². The van der Waals surface area contributed by atoms with Gasteiger partial charge in [0.15, 0.2) is 5.82 Å². The predicted octanol–water partition coefficient (Wildman–Crippen LogP) is 2.00. The fourth-order valence-corrected chi connectivity index (χ4v) is 2.97. The molecule has 0 aliphatic carbocycles. The van der Waals surface area contributed by atoms with Gasteiger partial charge in [-0.05, 0) is 19.4 Å². The van der Waals surface area contributed by atoms with Gasteiger partial charge in [0.2, 0.25) is 5.89 Å². The number of carbonyl (C=O) groups is 1. The Hall–Kier alpha value is -2.55. The molecule has 0 fully saturated rings. The molecule has 0 radical (unpaired) electrons. The van der Waals surface area contributed by atoms with Crippen molar-refractivity contribution < 1.29 is 14.4 Å². The van der Waals surface area contributed by atoms with E-state index in [1.807, 2.05) is 0 Å². The van der Waals surface area contributed by atoms with E-state index in [4.69, 9.17) is 4.52 Å². The third kappa shape index (κ3) is 2.42. The maximum absolute atomic E-state index is 11.2. The van der Waals surface area contributed by atoms with Gasteiger partial charge < -0.3 is 14.9 Å². The first kappa shape index (κ1) is 13.4. The second-order valence-electron chi connectivity index (χ2n) is 4.35. The molecule has 2 N–H and O–H groups in total. The average molecular weight is 305 g/mol. The Bertz CT molecular complexity index is 826. The third-order valence-electron chi connectivity index (χ3n) is 2.90. The van der Waals surface area contributed by atoms with Crippen LogP contribution in [0.25, 0.3) is 10.2 Å². The fourth-order valence-electron chi connectivity index (χ4n) is 1.98. The molecule has 0 saturated heterocycles. The molecule has 0 aromatic carbocycles. The second-order valence-corrected chi connectivity index (χ2v) is 5.35. The van der Waals surface area contributed by atoms with Crippen molar-refractivity contribution in [2.24, 2.45) is 0 Å². The van der Waals surface area contributed by atoms with Crippen LogP contribution in [0.2, 0.25) is 0 Å². The Morgan fingerprint density at radius 2 is 2.24 bits per heavy atom. The smallest absolute Gasteiger partial charge is 0.346 e. The van der Waals surface area contributed by atoms with Gasteiger partial charge in [0, 0.05) is 0 Å². The average Bonchev–Trinajstić information content (AvgIpc) is 3.01. The summed E-state index contributed by atoms with van der Waals surface area (Å²) < 4.78 is 5.01. The van der Waals surface area contributed by atoms with Crippen molar-refractivity contribution in [3.8, 4) is 0 Å². The van der Waals surface area contributed by atoms with E-state index in [0.717, 1.165) is 11.3 Å². The van der Waals surface area contributed by atoms with E-state index in [9.17, 15) is 9.90 Å². The number of fused-ring (bicyclic) bond motifs is 1. The molecule has 3 aromatic heterocycles. The molecule has 8 nitrogen and oxygen atoms in total. The van der Waals surface area contributed by atoms with E-state index in [1.54, 1.807) is 13.8 Å². The lowest BCUT2D eigenvalue weighted by molar-refractivity contribution is 0.0701. The number of nitrogens with one attached hydrogen (secondary N) is 1. The van der Waals surface area contributed by atoms with Gasteiger partial charge in [-0.2, -0.15) is 4.98 Å². The molecule has 21 heavy (non-hydrogen) atoms. The van der Waals surface area contributed by atoms with Crippen molar-refractivity contribution in [2.45, 2.75) is 20.4 Å². The molecular formula is C12H11N5O3S. The number of hydrogen-bond donors (Lipinski definition) is 2. The van der Waals surface area contributed by atoms with Crippen LogP contribution in [0.3, 0.4) is 0 Å². The summed E-state index contributed by atoms with van der Waals surface area (Å²) in [5, 5.41) is 16.7. The molecule has 9 heteroatoms. The first-order valence-electron chi connectivity index (χ1n) is 6.06. The molecule has 3 heterocycles. The predicted molar refractivity (Wildman–Crippen MR) is 75.5 cm³/mol. The molecule has 3 aromatic rings. The highest BCUT2D eigenvalue weighted by Crippen LogP contribution is 2.33. The van der Waals surface area contributed by atoms with Gasteiger partial charge in [0.25, 0.3) is 0 Å². The number of nitrogens with zero attached hydrogens (tertiary/aromatic N) is 4. The second kappa shape index (κ2) is 5.09. The lowest BCUT2D eigenvalue weighted by Crippen LogP contribution is -2.03. The quantitative estimate of drug-likeness (QED) is 0.752. The molecule has 0 atom stereocenters. The van der Waals surface area contributed by atoms with Gasteiger partial charge in [-0.3, -0.25) is 0 Å². The van der Waals surface area contributed by atoms with Crippen LogP contribution in [0, 0.1) is 13.8 Å². The molecule has 0 unspecified atom stereocenters. The number of thiophene rings is 1. The largest absolute Gasteiger partial charge is 0.477 e. The zero-order valence-corrected chi connectivity index (χ0v) is 12.1. The minimum Gasteiger partial charge on any atom is -0.477 e. The van der Waals surface area contributed by atoms with E-state index in [1.165, 1.54) is 6.33 Å². The topological polar surface area (TPSA) is 114 Å². The summed E-state index contributed by atoms with van der Waals surface area (Å²) in [6, 6.07) is 0. The van der Waals surface area contributed by atoms with Crippen LogP contribution in [0.4, 0.5) is 5.82 Å². The summed E-state index contributed by atoms with van der Waals surface area (Å²) in [4.78, 5) is 24.5. The number of carboxylic acid groups (broad SMARTS) is 1. The number of aromatic nitrogens is 4. The zero-order valence-electron chi connectivity index (χ0n) is 11.2. The zero-order chi connectivity index (χ0) is 15.0. The van der Waals surface area contributed by atoms with Gasteiger partial charge in [-0.1, -0.05) is 5.16 Å². The number of rotatable bonds is 4. The van der Waals surface area contributed by atoms with Gasteiger partial charge in [-0.15, -0.1) is 11.3 Å².